The lowest BCUT2D eigenvalue weighted by Gasteiger charge is -2.07. The number of halogens is 1. The second-order valence-electron chi connectivity index (χ2n) is 6.43. The summed E-state index contributed by atoms with van der Waals surface area (Å²) in [7, 11) is 1.66. The number of carbonyl (C=O) groups is 1. The van der Waals surface area contributed by atoms with Crippen LogP contribution in [0.25, 0.3) is 22.3 Å². The van der Waals surface area contributed by atoms with E-state index in [-0.39, 0.29) is 5.91 Å². The fraction of sp³-hybridized carbons (Fsp3) is 0.333. The van der Waals surface area contributed by atoms with Gasteiger partial charge in [-0.3, -0.25) is 9.78 Å². The highest BCUT2D eigenvalue weighted by molar-refractivity contribution is 6.31. The zero-order valence-corrected chi connectivity index (χ0v) is 16.2. The minimum Gasteiger partial charge on any atom is -0.385 e. The van der Waals surface area contributed by atoms with Crippen molar-refractivity contribution in [2.75, 3.05) is 20.3 Å². The fourth-order valence-electron chi connectivity index (χ4n) is 3.17. The van der Waals surface area contributed by atoms with Crippen LogP contribution in [0.4, 0.5) is 0 Å². The van der Waals surface area contributed by atoms with Gasteiger partial charge in [-0.15, -0.1) is 0 Å². The number of rotatable bonds is 9. The molecule has 0 spiro atoms. The molecule has 0 atom stereocenters. The number of nitrogens with zero attached hydrogens (tertiary/aromatic N) is 1. The number of fused-ring (bicyclic) bond motifs is 1. The highest BCUT2D eigenvalue weighted by atomic mass is 35.5. The van der Waals surface area contributed by atoms with Gasteiger partial charge in [-0.05, 0) is 55.2 Å². The fourth-order valence-corrected chi connectivity index (χ4v) is 3.34. The predicted molar refractivity (Wildman–Crippen MR) is 109 cm³/mol. The van der Waals surface area contributed by atoms with Gasteiger partial charge in [0.15, 0.2) is 0 Å². The first-order chi connectivity index (χ1) is 13.2. The summed E-state index contributed by atoms with van der Waals surface area (Å²) >= 11 is 6.21. The van der Waals surface area contributed by atoms with Gasteiger partial charge in [0.2, 0.25) is 5.91 Å². The number of nitrogens with one attached hydrogen (secondary N) is 2. The van der Waals surface area contributed by atoms with Crippen LogP contribution in [-0.4, -0.2) is 36.1 Å². The van der Waals surface area contributed by atoms with E-state index in [2.05, 4.69) is 15.3 Å². The number of hydrogen-bond donors (Lipinski definition) is 2. The zero-order valence-electron chi connectivity index (χ0n) is 15.4. The Labute approximate surface area is 164 Å². The quantitative estimate of drug-likeness (QED) is 0.538. The molecule has 0 aliphatic rings. The highest BCUT2D eigenvalue weighted by Gasteiger charge is 2.15. The van der Waals surface area contributed by atoms with Gasteiger partial charge in [-0.2, -0.15) is 0 Å². The molecule has 0 saturated carbocycles. The molecule has 0 saturated heterocycles. The summed E-state index contributed by atoms with van der Waals surface area (Å²) in [6.07, 6.45) is 4.63. The number of pyridine rings is 1. The molecule has 0 unspecified atom stereocenters. The van der Waals surface area contributed by atoms with Crippen molar-refractivity contribution in [2.45, 2.75) is 25.7 Å². The van der Waals surface area contributed by atoms with Gasteiger partial charge in [0, 0.05) is 48.8 Å². The van der Waals surface area contributed by atoms with E-state index in [0.29, 0.717) is 24.6 Å². The normalized spacial score (nSPS) is 11.0. The third-order valence-electron chi connectivity index (χ3n) is 4.47. The molecule has 27 heavy (non-hydrogen) atoms. The van der Waals surface area contributed by atoms with Crippen molar-refractivity contribution in [2.24, 2.45) is 0 Å². The molecule has 3 aromatic rings. The molecule has 0 aliphatic heterocycles. The molecule has 2 N–H and O–H groups in total. The van der Waals surface area contributed by atoms with Crippen LogP contribution in [0.3, 0.4) is 0 Å². The van der Waals surface area contributed by atoms with Gasteiger partial charge < -0.3 is 15.0 Å². The van der Waals surface area contributed by atoms with Gasteiger partial charge in [-0.1, -0.05) is 17.7 Å². The SMILES string of the molecule is COCCCNC(=O)CCCc1c(-c2ccccn2)[nH]c2ccc(Cl)cc12. The van der Waals surface area contributed by atoms with Gasteiger partial charge in [0.25, 0.3) is 0 Å². The number of methoxy groups -OCH3 is 1. The molecule has 2 aromatic heterocycles. The van der Waals surface area contributed by atoms with E-state index in [9.17, 15) is 4.79 Å². The van der Waals surface area contributed by atoms with E-state index in [1.54, 1.807) is 13.3 Å². The number of amides is 1. The Morgan fingerprint density at radius 3 is 2.93 bits per heavy atom. The van der Waals surface area contributed by atoms with Gasteiger partial charge in [0.05, 0.1) is 11.4 Å². The first-order valence-corrected chi connectivity index (χ1v) is 9.54. The molecule has 3 rings (SSSR count). The molecule has 0 aliphatic carbocycles. The van der Waals surface area contributed by atoms with E-state index >= 15 is 0 Å². The Balaban J connectivity index is 1.73. The molecular weight excluding hydrogens is 362 g/mol. The average Bonchev–Trinajstić information content (AvgIpc) is 3.04. The van der Waals surface area contributed by atoms with Gasteiger partial charge in [-0.25, -0.2) is 0 Å². The first-order valence-electron chi connectivity index (χ1n) is 9.16. The molecular formula is C21H24ClN3O2. The summed E-state index contributed by atoms with van der Waals surface area (Å²) in [6.45, 7) is 1.30. The van der Waals surface area contributed by atoms with Crippen molar-refractivity contribution in [1.29, 1.82) is 0 Å². The highest BCUT2D eigenvalue weighted by Crippen LogP contribution is 2.32. The van der Waals surface area contributed by atoms with Crippen LogP contribution in [0, 0.1) is 0 Å². The minimum atomic E-state index is 0.0726. The molecule has 2 heterocycles. The molecule has 5 nitrogen and oxygen atoms in total. The van der Waals surface area contributed by atoms with Crippen LogP contribution in [0.15, 0.2) is 42.6 Å². The summed E-state index contributed by atoms with van der Waals surface area (Å²) in [6, 6.07) is 11.7. The Morgan fingerprint density at radius 1 is 1.26 bits per heavy atom. The van der Waals surface area contributed by atoms with Crippen LogP contribution in [0.1, 0.15) is 24.8 Å². The molecule has 6 heteroatoms. The smallest absolute Gasteiger partial charge is 0.220 e. The maximum absolute atomic E-state index is 12.0. The van der Waals surface area contributed by atoms with Crippen LogP contribution in [-0.2, 0) is 16.0 Å². The number of aryl methyl sites for hydroxylation is 1. The molecule has 0 radical (unpaired) electrons. The largest absolute Gasteiger partial charge is 0.385 e. The summed E-state index contributed by atoms with van der Waals surface area (Å²) < 4.78 is 4.99. The molecule has 0 bridgehead atoms. The van der Waals surface area contributed by atoms with E-state index in [0.717, 1.165) is 47.1 Å². The van der Waals surface area contributed by atoms with E-state index in [4.69, 9.17) is 16.3 Å². The maximum atomic E-state index is 12.0. The topological polar surface area (TPSA) is 67.0 Å². The van der Waals surface area contributed by atoms with Crippen LogP contribution in [0.2, 0.25) is 5.02 Å². The Hall–Kier alpha value is -2.37. The number of ether oxygens (including phenoxy) is 1. The lowest BCUT2D eigenvalue weighted by Crippen LogP contribution is -2.24. The molecule has 0 fully saturated rings. The number of aromatic amines is 1. The number of H-pyrrole nitrogens is 1. The molecule has 1 amide bonds. The van der Waals surface area contributed by atoms with Crippen molar-refractivity contribution in [3.8, 4) is 11.4 Å². The first kappa shape index (κ1) is 19.4. The average molecular weight is 386 g/mol. The van der Waals surface area contributed by atoms with E-state index < -0.39 is 0 Å². The minimum absolute atomic E-state index is 0.0726. The summed E-state index contributed by atoms with van der Waals surface area (Å²) in [5.41, 5.74) is 4.06. The summed E-state index contributed by atoms with van der Waals surface area (Å²) in [4.78, 5) is 19.9. The third-order valence-corrected chi connectivity index (χ3v) is 4.70. The summed E-state index contributed by atoms with van der Waals surface area (Å²) in [5.74, 6) is 0.0726. The zero-order chi connectivity index (χ0) is 19.1. The number of carbonyl (C=O) groups excluding carboxylic acids is 1. The van der Waals surface area contributed by atoms with E-state index in [1.165, 1.54) is 0 Å². The maximum Gasteiger partial charge on any atom is 0.220 e. The van der Waals surface area contributed by atoms with Crippen molar-refractivity contribution >= 4 is 28.4 Å². The van der Waals surface area contributed by atoms with Crippen molar-refractivity contribution in [1.82, 2.24) is 15.3 Å². The number of benzene rings is 1. The Kier molecular flexibility index (Phi) is 6.85. The number of hydrogen-bond acceptors (Lipinski definition) is 3. The van der Waals surface area contributed by atoms with Crippen LogP contribution in [0.5, 0.6) is 0 Å². The van der Waals surface area contributed by atoms with Gasteiger partial charge >= 0.3 is 0 Å². The number of aromatic nitrogens is 2. The molecule has 1 aromatic carbocycles. The Bertz CT molecular complexity index is 893. The predicted octanol–water partition coefficient (Wildman–Crippen LogP) is 4.36. The van der Waals surface area contributed by atoms with Crippen molar-refractivity contribution in [3.05, 3.63) is 53.2 Å². The van der Waals surface area contributed by atoms with E-state index in [1.807, 2.05) is 36.4 Å². The monoisotopic (exact) mass is 385 g/mol. The summed E-state index contributed by atoms with van der Waals surface area (Å²) in [5, 5.41) is 4.72. The Morgan fingerprint density at radius 2 is 2.15 bits per heavy atom. The molecule has 142 valence electrons. The lowest BCUT2D eigenvalue weighted by atomic mass is 10.0. The van der Waals surface area contributed by atoms with Gasteiger partial charge in [0.1, 0.15) is 0 Å². The van der Waals surface area contributed by atoms with Crippen LogP contribution >= 0.6 is 11.6 Å². The van der Waals surface area contributed by atoms with Crippen molar-refractivity contribution in [3.63, 3.8) is 0 Å². The third kappa shape index (κ3) is 5.08. The second-order valence-corrected chi connectivity index (χ2v) is 6.87. The standard InChI is InChI=1S/C21H24ClN3O2/c1-27-13-5-12-24-20(26)8-4-6-16-17-14-15(22)9-10-18(17)25-21(16)19-7-2-3-11-23-19/h2-3,7,9-11,14,25H,4-6,8,12-13H2,1H3,(H,24,26). The second kappa shape index (κ2) is 9.53. The van der Waals surface area contributed by atoms with Crippen LogP contribution < -0.4 is 5.32 Å². The lowest BCUT2D eigenvalue weighted by molar-refractivity contribution is -0.121. The van der Waals surface area contributed by atoms with Crippen molar-refractivity contribution < 1.29 is 9.53 Å².